The third-order valence-electron chi connectivity index (χ3n) is 4.54. The number of nitrogens with zero attached hydrogens (tertiary/aromatic N) is 3. The molecule has 0 spiro atoms. The highest BCUT2D eigenvalue weighted by molar-refractivity contribution is 9.10. The molecule has 0 saturated carbocycles. The minimum Gasteiger partial charge on any atom is -0.337 e. The lowest BCUT2D eigenvalue weighted by molar-refractivity contribution is -0.387. The van der Waals surface area contributed by atoms with E-state index in [4.69, 9.17) is 0 Å². The van der Waals surface area contributed by atoms with Crippen molar-refractivity contribution >= 4 is 43.6 Å². The van der Waals surface area contributed by atoms with E-state index < -0.39 is 20.6 Å². The Balaban J connectivity index is 1.68. The lowest BCUT2D eigenvalue weighted by Crippen LogP contribution is -2.50. The first-order valence-electron chi connectivity index (χ1n) is 8.76. The third kappa shape index (κ3) is 4.72. The Kier molecular flexibility index (Phi) is 6.46. The smallest absolute Gasteiger partial charge is 0.289 e. The topological polar surface area (TPSA) is 101 Å². The van der Waals surface area contributed by atoms with Gasteiger partial charge in [-0.15, -0.1) is 0 Å². The van der Waals surface area contributed by atoms with Crippen LogP contribution in [0.1, 0.15) is 5.56 Å². The molecule has 1 heterocycles. The van der Waals surface area contributed by atoms with Crippen LogP contribution in [0.2, 0.25) is 0 Å². The van der Waals surface area contributed by atoms with Gasteiger partial charge in [0.15, 0.2) is 4.90 Å². The molecule has 3 rings (SSSR count). The molecule has 0 aliphatic carbocycles. The van der Waals surface area contributed by atoms with Gasteiger partial charge < -0.3 is 4.90 Å². The number of hydrogen-bond donors (Lipinski definition) is 0. The summed E-state index contributed by atoms with van der Waals surface area (Å²) in [7, 11) is -4.02. The molecule has 0 aromatic heterocycles. The van der Waals surface area contributed by atoms with E-state index in [1.165, 1.54) is 34.6 Å². The van der Waals surface area contributed by atoms with Gasteiger partial charge in [0.05, 0.1) is 4.92 Å². The Labute approximate surface area is 176 Å². The Hall–Kier alpha value is -2.56. The quantitative estimate of drug-likeness (QED) is 0.372. The molecule has 29 heavy (non-hydrogen) atoms. The second kappa shape index (κ2) is 8.85. The Bertz CT molecular complexity index is 1060. The average Bonchev–Trinajstić information content (AvgIpc) is 2.73. The van der Waals surface area contributed by atoms with Crippen LogP contribution in [-0.2, 0) is 14.8 Å². The lowest BCUT2D eigenvalue weighted by atomic mass is 10.2. The number of rotatable bonds is 5. The number of benzene rings is 2. The van der Waals surface area contributed by atoms with E-state index in [1.807, 2.05) is 24.3 Å². The summed E-state index contributed by atoms with van der Waals surface area (Å²) in [4.78, 5) is 24.1. The van der Waals surface area contributed by atoms with Crippen LogP contribution in [0, 0.1) is 10.1 Å². The number of halogens is 1. The van der Waals surface area contributed by atoms with E-state index in [2.05, 4.69) is 15.9 Å². The monoisotopic (exact) mass is 479 g/mol. The second-order valence-electron chi connectivity index (χ2n) is 6.31. The van der Waals surface area contributed by atoms with Crippen molar-refractivity contribution in [1.29, 1.82) is 0 Å². The SMILES string of the molecule is O=C(/C=C/c1ccccc1Br)N1CCN(S(=O)(=O)c2ccccc2[N+](=O)[O-])CC1. The summed E-state index contributed by atoms with van der Waals surface area (Å²) >= 11 is 3.41. The first-order valence-corrected chi connectivity index (χ1v) is 11.0. The number of carbonyl (C=O) groups is 1. The van der Waals surface area contributed by atoms with Gasteiger partial charge >= 0.3 is 0 Å². The Morgan fingerprint density at radius 1 is 1.03 bits per heavy atom. The van der Waals surface area contributed by atoms with Crippen molar-refractivity contribution < 1.29 is 18.1 Å². The van der Waals surface area contributed by atoms with Crippen molar-refractivity contribution in [3.63, 3.8) is 0 Å². The first-order chi connectivity index (χ1) is 13.8. The summed E-state index contributed by atoms with van der Waals surface area (Å²) < 4.78 is 27.7. The molecule has 1 aliphatic heterocycles. The van der Waals surface area contributed by atoms with Gasteiger partial charge in [-0.05, 0) is 23.8 Å². The molecular formula is C19H18BrN3O5S. The maximum Gasteiger partial charge on any atom is 0.289 e. The lowest BCUT2D eigenvalue weighted by Gasteiger charge is -2.33. The molecule has 1 amide bonds. The number of sulfonamides is 1. The zero-order chi connectivity index (χ0) is 21.0. The third-order valence-corrected chi connectivity index (χ3v) is 7.21. The highest BCUT2D eigenvalue weighted by Crippen LogP contribution is 2.27. The van der Waals surface area contributed by atoms with E-state index in [-0.39, 0.29) is 37.0 Å². The highest BCUT2D eigenvalue weighted by Gasteiger charge is 2.34. The van der Waals surface area contributed by atoms with E-state index in [0.29, 0.717) is 0 Å². The molecule has 152 valence electrons. The van der Waals surface area contributed by atoms with Crippen LogP contribution < -0.4 is 0 Å². The van der Waals surface area contributed by atoms with Gasteiger partial charge in [-0.3, -0.25) is 14.9 Å². The maximum absolute atomic E-state index is 12.8. The molecule has 1 fully saturated rings. The van der Waals surface area contributed by atoms with Crippen LogP contribution in [0.3, 0.4) is 0 Å². The van der Waals surface area contributed by atoms with Crippen molar-refractivity contribution in [2.24, 2.45) is 0 Å². The maximum atomic E-state index is 12.8. The number of para-hydroxylation sites is 1. The van der Waals surface area contributed by atoms with Crippen molar-refractivity contribution in [2.75, 3.05) is 26.2 Å². The van der Waals surface area contributed by atoms with Gasteiger partial charge in [0.2, 0.25) is 15.9 Å². The summed E-state index contributed by atoms with van der Waals surface area (Å²) in [5, 5.41) is 11.2. The molecule has 1 saturated heterocycles. The molecule has 0 N–H and O–H groups in total. The van der Waals surface area contributed by atoms with Crippen LogP contribution in [0.4, 0.5) is 5.69 Å². The second-order valence-corrected chi connectivity index (χ2v) is 9.07. The van der Waals surface area contributed by atoms with Gasteiger partial charge in [0, 0.05) is 42.8 Å². The van der Waals surface area contributed by atoms with Crippen molar-refractivity contribution in [3.8, 4) is 0 Å². The van der Waals surface area contributed by atoms with Gasteiger partial charge in [0.25, 0.3) is 5.69 Å². The van der Waals surface area contributed by atoms with Crippen LogP contribution in [0.15, 0.2) is 64.0 Å². The minimum atomic E-state index is -4.02. The molecule has 2 aromatic rings. The van der Waals surface area contributed by atoms with Crippen molar-refractivity contribution in [2.45, 2.75) is 4.90 Å². The van der Waals surface area contributed by atoms with Gasteiger partial charge in [-0.25, -0.2) is 8.42 Å². The van der Waals surface area contributed by atoms with Gasteiger partial charge in [0.1, 0.15) is 0 Å². The zero-order valence-corrected chi connectivity index (χ0v) is 17.7. The standard InChI is InChI=1S/C19H18BrN3O5S/c20-16-6-2-1-5-15(16)9-10-19(24)21-11-13-22(14-12-21)29(27,28)18-8-4-3-7-17(18)23(25)26/h1-10H,11-14H2/b10-9+. The molecule has 0 unspecified atom stereocenters. The number of hydrogen-bond acceptors (Lipinski definition) is 5. The van der Waals surface area contributed by atoms with E-state index >= 15 is 0 Å². The van der Waals surface area contributed by atoms with Crippen molar-refractivity contribution in [1.82, 2.24) is 9.21 Å². The van der Waals surface area contributed by atoms with E-state index in [9.17, 15) is 23.3 Å². The van der Waals surface area contributed by atoms with Crippen molar-refractivity contribution in [3.05, 3.63) is 74.8 Å². The van der Waals surface area contributed by atoms with Gasteiger partial charge in [-0.2, -0.15) is 4.31 Å². The first kappa shape index (κ1) is 21.2. The summed E-state index contributed by atoms with van der Waals surface area (Å²) in [5.41, 5.74) is 0.404. The Morgan fingerprint density at radius 2 is 1.66 bits per heavy atom. The number of amides is 1. The molecule has 0 radical (unpaired) electrons. The normalized spacial score (nSPS) is 15.6. The van der Waals surface area contributed by atoms with Crippen LogP contribution in [-0.4, -0.2) is 54.6 Å². The minimum absolute atomic E-state index is 0.0724. The molecule has 0 atom stereocenters. The summed E-state index contributed by atoms with van der Waals surface area (Å²) in [6.07, 6.45) is 3.15. The number of nitro groups is 1. The number of carbonyl (C=O) groups excluding carboxylic acids is 1. The van der Waals surface area contributed by atoms with Gasteiger partial charge in [-0.1, -0.05) is 46.3 Å². The summed E-state index contributed by atoms with van der Waals surface area (Å²) in [6.45, 7) is 0.559. The summed E-state index contributed by atoms with van der Waals surface area (Å²) in [6, 6.07) is 12.7. The largest absolute Gasteiger partial charge is 0.337 e. The molecule has 2 aromatic carbocycles. The molecule has 0 bridgehead atoms. The average molecular weight is 480 g/mol. The molecule has 10 heteroatoms. The predicted octanol–water partition coefficient (Wildman–Crippen LogP) is 2.90. The number of piperazine rings is 1. The van der Waals surface area contributed by atoms with Crippen LogP contribution >= 0.6 is 15.9 Å². The fourth-order valence-corrected chi connectivity index (χ4v) is 4.99. The Morgan fingerprint density at radius 3 is 2.31 bits per heavy atom. The molecular weight excluding hydrogens is 462 g/mol. The zero-order valence-electron chi connectivity index (χ0n) is 15.3. The summed E-state index contributed by atoms with van der Waals surface area (Å²) in [5.74, 6) is -0.219. The molecule has 1 aliphatic rings. The molecule has 8 nitrogen and oxygen atoms in total. The van der Waals surface area contributed by atoms with E-state index in [1.54, 1.807) is 11.0 Å². The van der Waals surface area contributed by atoms with Crippen LogP contribution in [0.5, 0.6) is 0 Å². The highest BCUT2D eigenvalue weighted by atomic mass is 79.9. The fraction of sp³-hybridized carbons (Fsp3) is 0.211. The number of nitro benzene ring substituents is 1. The fourth-order valence-electron chi connectivity index (χ4n) is 2.99. The predicted molar refractivity (Wildman–Crippen MR) is 112 cm³/mol. The van der Waals surface area contributed by atoms with Crippen LogP contribution in [0.25, 0.3) is 6.08 Å². The van der Waals surface area contributed by atoms with E-state index in [0.717, 1.165) is 10.0 Å².